The van der Waals surface area contributed by atoms with E-state index in [-0.39, 0.29) is 12.1 Å². The third-order valence-electron chi connectivity index (χ3n) is 3.42. The summed E-state index contributed by atoms with van der Waals surface area (Å²) in [5, 5.41) is 17.7. The number of aliphatic hydroxyl groups is 1. The lowest BCUT2D eigenvalue weighted by molar-refractivity contribution is -0.0178. The first kappa shape index (κ1) is 14.5. The molecule has 2 rings (SSSR count). The lowest BCUT2D eigenvalue weighted by Gasteiger charge is -2.34. The van der Waals surface area contributed by atoms with Gasteiger partial charge in [0, 0.05) is 17.7 Å². The molecule has 0 bridgehead atoms. The number of nitrogens with one attached hydrogen (secondary N) is 1. The summed E-state index contributed by atoms with van der Waals surface area (Å²) >= 11 is 0. The van der Waals surface area contributed by atoms with Gasteiger partial charge in [-0.25, -0.2) is 18.4 Å². The van der Waals surface area contributed by atoms with Crippen LogP contribution in [0.1, 0.15) is 12.5 Å². The molecule has 1 heterocycles. The van der Waals surface area contributed by atoms with Gasteiger partial charge >= 0.3 is 0 Å². The van der Waals surface area contributed by atoms with Crippen LogP contribution in [0.4, 0.5) is 8.78 Å². The average Bonchev–Trinajstić information content (AvgIpc) is 2.90. The summed E-state index contributed by atoms with van der Waals surface area (Å²) in [7, 11) is 1.65. The van der Waals surface area contributed by atoms with Crippen LogP contribution in [0.25, 0.3) is 0 Å². The Morgan fingerprint density at radius 3 is 2.75 bits per heavy atom. The Morgan fingerprint density at radius 1 is 1.45 bits per heavy atom. The highest BCUT2D eigenvalue weighted by Gasteiger charge is 2.38. The van der Waals surface area contributed by atoms with Gasteiger partial charge in [-0.1, -0.05) is 6.07 Å². The molecule has 0 amide bonds. The monoisotopic (exact) mass is 282 g/mol. The minimum Gasteiger partial charge on any atom is -0.381 e. The highest BCUT2D eigenvalue weighted by atomic mass is 19.1. The van der Waals surface area contributed by atoms with Gasteiger partial charge < -0.3 is 10.4 Å². The first-order valence-electron chi connectivity index (χ1n) is 6.15. The van der Waals surface area contributed by atoms with E-state index in [0.29, 0.717) is 0 Å². The largest absolute Gasteiger partial charge is 0.381 e. The van der Waals surface area contributed by atoms with Crippen molar-refractivity contribution in [3.63, 3.8) is 0 Å². The summed E-state index contributed by atoms with van der Waals surface area (Å²) in [5.41, 5.74) is -1.57. The number of nitrogens with zero attached hydrogens (tertiary/aromatic N) is 3. The summed E-state index contributed by atoms with van der Waals surface area (Å²) < 4.78 is 28.4. The molecule has 0 saturated carbocycles. The number of likely N-dealkylation sites (N-methyl/N-ethyl adjacent to an activating group) is 1. The van der Waals surface area contributed by atoms with E-state index >= 15 is 0 Å². The molecule has 1 aromatic heterocycles. The minimum absolute atomic E-state index is 0.00242. The molecule has 2 N–H and O–H groups in total. The zero-order valence-corrected chi connectivity index (χ0v) is 11.2. The minimum atomic E-state index is -1.58. The van der Waals surface area contributed by atoms with Crippen molar-refractivity contribution in [3.8, 4) is 0 Å². The normalized spacial score (nSPS) is 15.8. The molecule has 2 aromatic rings. The highest BCUT2D eigenvalue weighted by molar-refractivity contribution is 5.26. The molecule has 20 heavy (non-hydrogen) atoms. The fraction of sp³-hybridized carbons (Fsp3) is 0.385. The lowest BCUT2D eigenvalue weighted by Crippen LogP contribution is -2.48. The maximum atomic E-state index is 14.0. The molecule has 0 saturated heterocycles. The van der Waals surface area contributed by atoms with Gasteiger partial charge in [0.05, 0.1) is 6.54 Å². The van der Waals surface area contributed by atoms with E-state index in [1.807, 2.05) is 0 Å². The SMILES string of the molecule is CN[C@H](C)C(O)(Cn1cncn1)c1ccc(F)cc1F. The molecule has 1 aromatic carbocycles. The molecular weight excluding hydrogens is 266 g/mol. The van der Waals surface area contributed by atoms with E-state index < -0.39 is 23.3 Å². The van der Waals surface area contributed by atoms with Gasteiger partial charge in [0.2, 0.25) is 0 Å². The van der Waals surface area contributed by atoms with Crippen LogP contribution in [0.5, 0.6) is 0 Å². The number of rotatable bonds is 5. The predicted molar refractivity (Wildman–Crippen MR) is 68.8 cm³/mol. The van der Waals surface area contributed by atoms with E-state index in [1.54, 1.807) is 14.0 Å². The summed E-state index contributed by atoms with van der Waals surface area (Å²) in [6.07, 6.45) is 2.75. The van der Waals surface area contributed by atoms with Crippen molar-refractivity contribution in [3.05, 3.63) is 48.1 Å². The van der Waals surface area contributed by atoms with Gasteiger partial charge in [-0.15, -0.1) is 0 Å². The van der Waals surface area contributed by atoms with E-state index in [2.05, 4.69) is 15.4 Å². The Kier molecular flexibility index (Phi) is 4.10. The van der Waals surface area contributed by atoms with Gasteiger partial charge in [0.15, 0.2) is 0 Å². The Labute approximate surface area is 115 Å². The van der Waals surface area contributed by atoms with Crippen LogP contribution in [0.2, 0.25) is 0 Å². The molecule has 1 unspecified atom stereocenters. The first-order chi connectivity index (χ1) is 9.47. The second-order valence-electron chi connectivity index (χ2n) is 4.65. The molecule has 7 heteroatoms. The van der Waals surface area contributed by atoms with Gasteiger partial charge in [-0.3, -0.25) is 0 Å². The number of benzene rings is 1. The van der Waals surface area contributed by atoms with Crippen LogP contribution < -0.4 is 5.32 Å². The summed E-state index contributed by atoms with van der Waals surface area (Å²) in [4.78, 5) is 3.79. The van der Waals surface area contributed by atoms with Gasteiger partial charge in [0.25, 0.3) is 0 Å². The van der Waals surface area contributed by atoms with Crippen LogP contribution in [0.3, 0.4) is 0 Å². The molecule has 5 nitrogen and oxygen atoms in total. The Hall–Kier alpha value is -1.86. The third-order valence-corrected chi connectivity index (χ3v) is 3.42. The maximum absolute atomic E-state index is 14.0. The van der Waals surface area contributed by atoms with Crippen molar-refractivity contribution in [2.24, 2.45) is 0 Å². The third kappa shape index (κ3) is 2.68. The quantitative estimate of drug-likeness (QED) is 0.860. The molecule has 0 aliphatic heterocycles. The zero-order valence-electron chi connectivity index (χ0n) is 11.2. The van der Waals surface area contributed by atoms with Crippen LogP contribution >= 0.6 is 0 Å². The lowest BCUT2D eigenvalue weighted by atomic mass is 9.86. The van der Waals surface area contributed by atoms with Crippen LogP contribution in [0, 0.1) is 11.6 Å². The number of halogens is 2. The molecule has 0 fully saturated rings. The molecule has 0 radical (unpaired) electrons. The highest BCUT2D eigenvalue weighted by Crippen LogP contribution is 2.29. The van der Waals surface area contributed by atoms with Gasteiger partial charge in [-0.2, -0.15) is 5.10 Å². The van der Waals surface area contributed by atoms with Crippen molar-refractivity contribution < 1.29 is 13.9 Å². The Bertz CT molecular complexity index is 576. The molecule has 108 valence electrons. The standard InChI is InChI=1S/C13H16F2N4O/c1-9(16-2)13(20,6-19-8-17-7-18-19)11-4-3-10(14)5-12(11)15/h3-5,7-9,16,20H,6H2,1-2H3/t9-,13?/m1/s1. The molecule has 0 aliphatic rings. The second-order valence-corrected chi connectivity index (χ2v) is 4.65. The topological polar surface area (TPSA) is 63.0 Å². The predicted octanol–water partition coefficient (Wildman–Crippen LogP) is 1.05. The van der Waals surface area contributed by atoms with E-state index in [1.165, 1.54) is 23.4 Å². The molecule has 0 aliphatic carbocycles. The fourth-order valence-electron chi connectivity index (χ4n) is 2.10. The molecule has 0 spiro atoms. The summed E-state index contributed by atoms with van der Waals surface area (Å²) in [5.74, 6) is -1.49. The Morgan fingerprint density at radius 2 is 2.20 bits per heavy atom. The Balaban J connectivity index is 2.45. The van der Waals surface area contributed by atoms with Crippen molar-refractivity contribution in [2.75, 3.05) is 7.05 Å². The number of hydrogen-bond acceptors (Lipinski definition) is 4. The maximum Gasteiger partial charge on any atom is 0.137 e. The average molecular weight is 282 g/mol. The van der Waals surface area contributed by atoms with Crippen LogP contribution in [0.15, 0.2) is 30.9 Å². The van der Waals surface area contributed by atoms with E-state index in [9.17, 15) is 13.9 Å². The second kappa shape index (κ2) is 5.64. The summed E-state index contributed by atoms with van der Waals surface area (Å²) in [6, 6.07) is 2.64. The van der Waals surface area contributed by atoms with Crippen LogP contribution in [-0.4, -0.2) is 33.0 Å². The van der Waals surface area contributed by atoms with Gasteiger partial charge in [0.1, 0.15) is 29.9 Å². The van der Waals surface area contributed by atoms with E-state index in [4.69, 9.17) is 0 Å². The number of hydrogen-bond donors (Lipinski definition) is 2. The van der Waals surface area contributed by atoms with Crippen molar-refractivity contribution in [1.82, 2.24) is 20.1 Å². The number of aromatic nitrogens is 3. The summed E-state index contributed by atoms with van der Waals surface area (Å²) in [6.45, 7) is 1.71. The smallest absolute Gasteiger partial charge is 0.137 e. The van der Waals surface area contributed by atoms with E-state index in [0.717, 1.165) is 12.1 Å². The van der Waals surface area contributed by atoms with Crippen LogP contribution in [-0.2, 0) is 12.1 Å². The fourth-order valence-corrected chi connectivity index (χ4v) is 2.10. The van der Waals surface area contributed by atoms with Crippen molar-refractivity contribution in [2.45, 2.75) is 25.1 Å². The molecule has 2 atom stereocenters. The zero-order chi connectivity index (χ0) is 14.8. The molecular formula is C13H16F2N4O. The first-order valence-corrected chi connectivity index (χ1v) is 6.15. The van der Waals surface area contributed by atoms with Crippen molar-refractivity contribution >= 4 is 0 Å². The van der Waals surface area contributed by atoms with Gasteiger partial charge in [-0.05, 0) is 20.0 Å². The van der Waals surface area contributed by atoms with Crippen molar-refractivity contribution in [1.29, 1.82) is 0 Å².